The van der Waals surface area contributed by atoms with Gasteiger partial charge in [0.1, 0.15) is 0 Å². The van der Waals surface area contributed by atoms with Crippen LogP contribution in [0.2, 0.25) is 0 Å². The van der Waals surface area contributed by atoms with Gasteiger partial charge in [0.05, 0.1) is 0 Å². The Labute approximate surface area is 120 Å². The van der Waals surface area contributed by atoms with Crippen molar-refractivity contribution in [3.05, 3.63) is 0 Å². The van der Waals surface area contributed by atoms with Crippen molar-refractivity contribution in [2.75, 3.05) is 0 Å². The summed E-state index contributed by atoms with van der Waals surface area (Å²) in [5.41, 5.74) is 0. The molecule has 0 aliphatic rings. The maximum absolute atomic E-state index is 8.88. The van der Waals surface area contributed by atoms with Crippen LogP contribution in [0.5, 0.6) is 0 Å². The smallest absolute Gasteiger partial charge is 0.303 e. The number of rotatable bonds is 0. The van der Waals surface area contributed by atoms with Gasteiger partial charge in [-0.2, -0.15) is 0 Å². The van der Waals surface area contributed by atoms with Gasteiger partial charge in [-0.1, -0.05) is 0 Å². The van der Waals surface area contributed by atoms with Gasteiger partial charge in [-0.05, 0) is 11.0 Å². The molecule has 0 bridgehead atoms. The molecule has 16 nitrogen and oxygen atoms in total. The molecule has 0 spiro atoms. The van der Waals surface area contributed by atoms with E-state index in [1.165, 1.54) is 0 Å². The molecule has 0 saturated heterocycles. The molecule has 21 heteroatoms. The number of hydrogen-bond donors (Lipinski definition) is 12. The van der Waals surface area contributed by atoms with Crippen molar-refractivity contribution < 1.29 is 77.0 Å². The van der Waals surface area contributed by atoms with Crippen molar-refractivity contribution in [2.24, 2.45) is 0 Å². The quantitative estimate of drug-likeness (QED) is 0.128. The normalized spacial score (nSPS) is 11.2. The predicted octanol–water partition coefficient (Wildman–Crippen LogP) is -5.17. The highest BCUT2D eigenvalue weighted by Crippen LogP contribution is 2.27. The van der Waals surface area contributed by atoms with Gasteiger partial charge >= 0.3 is 31.3 Å². The maximum Gasteiger partial charge on any atom is 0.466 e. The first kappa shape index (κ1) is 33.3. The van der Waals surface area contributed by atoms with E-state index < -0.39 is 31.3 Å². The van der Waals surface area contributed by atoms with Crippen LogP contribution in [0.1, 0.15) is 0 Å². The van der Waals surface area contributed by atoms with Gasteiger partial charge in [-0.15, -0.1) is 0 Å². The molecule has 0 atom stereocenters. The van der Waals surface area contributed by atoms with Gasteiger partial charge in [-0.3, -0.25) is 0 Å². The van der Waals surface area contributed by atoms with Gasteiger partial charge in [-0.25, -0.2) is 18.3 Å². The summed E-state index contributed by atoms with van der Waals surface area (Å²) in [6.45, 7) is 0. The predicted molar refractivity (Wildman–Crippen MR) is 68.4 cm³/mol. The second kappa shape index (κ2) is 13.1. The van der Waals surface area contributed by atoms with Crippen LogP contribution in [0, 0.1) is 0 Å². The largest absolute Gasteiger partial charge is 0.466 e. The average Bonchev–Trinajstić information content (AvgIpc) is 1.62. The lowest BCUT2D eigenvalue weighted by Gasteiger charge is -1.82. The van der Waals surface area contributed by atoms with Crippen LogP contribution < -0.4 is 0 Å². The molecule has 0 saturated carbocycles. The van der Waals surface area contributed by atoms with E-state index in [1.54, 1.807) is 0 Å². The Morgan fingerprint density at radius 1 is 0.333 bits per heavy atom. The fourth-order valence-corrected chi connectivity index (χ4v) is 0. The van der Waals surface area contributed by atoms with E-state index in [1.807, 2.05) is 0 Å². The third-order valence-electron chi connectivity index (χ3n) is 0. The van der Waals surface area contributed by atoms with Crippen LogP contribution in [0.25, 0.3) is 0 Å². The Bertz CT molecular complexity index is 285. The zero-order chi connectivity index (χ0) is 18.0. The lowest BCUT2D eigenvalue weighted by molar-refractivity contribution is 0.272. The molecule has 0 radical (unpaired) electrons. The average molecular weight is 424 g/mol. The van der Waals surface area contributed by atoms with Crippen LogP contribution in [0.15, 0.2) is 0 Å². The third-order valence-corrected chi connectivity index (χ3v) is 0. The molecule has 0 unspecified atom stereocenters. The summed E-state index contributed by atoms with van der Waals surface area (Å²) in [6, 6.07) is 0. The summed E-state index contributed by atoms with van der Waals surface area (Å²) < 4.78 is 35.5. The van der Waals surface area contributed by atoms with E-state index in [9.17, 15) is 0 Å². The molecular formula is H16O16P4Si. The zero-order valence-corrected chi connectivity index (χ0v) is 12.4. The lowest BCUT2D eigenvalue weighted by Crippen LogP contribution is -1.66. The molecule has 136 valence electrons. The molecule has 0 aromatic rings. The first-order valence-corrected chi connectivity index (χ1v) is 9.39. The molecule has 0 aliphatic heterocycles. The van der Waals surface area contributed by atoms with Gasteiger partial charge in [0, 0.05) is 0 Å². The van der Waals surface area contributed by atoms with Crippen LogP contribution in [-0.4, -0.2) is 69.7 Å². The van der Waals surface area contributed by atoms with Crippen molar-refractivity contribution in [1.82, 2.24) is 0 Å². The third kappa shape index (κ3) is 16700. The first-order valence-electron chi connectivity index (χ1n) is 3.13. The summed E-state index contributed by atoms with van der Waals surface area (Å²) in [5, 5.41) is 0. The number of phosphoric acid groups is 4. The zero-order valence-electron chi connectivity index (χ0n) is 8.79. The van der Waals surface area contributed by atoms with E-state index in [0.717, 1.165) is 0 Å². The van der Waals surface area contributed by atoms with Crippen molar-refractivity contribution >= 4 is 42.3 Å². The Kier molecular flexibility index (Phi) is 20.8. The van der Waals surface area contributed by atoms with Crippen molar-refractivity contribution in [2.45, 2.75) is 0 Å². The van der Waals surface area contributed by atoms with Gasteiger partial charge in [0.15, 0.2) is 0 Å². The summed E-state index contributed by atoms with van der Waals surface area (Å²) in [7, 11) is -18.6. The minimum absolute atomic E-state index is 0. The van der Waals surface area contributed by atoms with E-state index in [-0.39, 0.29) is 11.0 Å². The minimum Gasteiger partial charge on any atom is -0.303 e. The van der Waals surface area contributed by atoms with E-state index in [2.05, 4.69) is 0 Å². The maximum atomic E-state index is 8.88. The van der Waals surface area contributed by atoms with Gasteiger partial charge in [0.25, 0.3) is 0 Å². The standard InChI is InChI=1S/4H3O4P.H4Si/c4*1-5(2,3)4;/h4*(H3,1,2,3,4);1H4. The molecule has 0 fully saturated rings. The molecule has 0 aromatic heterocycles. The summed E-state index contributed by atoms with van der Waals surface area (Å²) in [6.07, 6.45) is 0. The van der Waals surface area contributed by atoms with E-state index >= 15 is 0 Å². The summed E-state index contributed by atoms with van der Waals surface area (Å²) in [4.78, 5) is 86.2. The van der Waals surface area contributed by atoms with Gasteiger partial charge < -0.3 is 58.7 Å². The summed E-state index contributed by atoms with van der Waals surface area (Å²) in [5.74, 6) is 0. The highest BCUT2D eigenvalue weighted by Gasteiger charge is 2.01. The van der Waals surface area contributed by atoms with E-state index in [4.69, 9.17) is 77.0 Å². The van der Waals surface area contributed by atoms with Crippen LogP contribution in [-0.2, 0) is 18.3 Å². The minimum atomic E-state index is -4.64. The monoisotopic (exact) mass is 424 g/mol. The Morgan fingerprint density at radius 2 is 0.333 bits per heavy atom. The Morgan fingerprint density at radius 3 is 0.333 bits per heavy atom. The number of hydrogen-bond acceptors (Lipinski definition) is 4. The molecule has 0 rings (SSSR count). The Hall–Kier alpha value is 0.657. The van der Waals surface area contributed by atoms with Crippen molar-refractivity contribution in [3.8, 4) is 0 Å². The lowest BCUT2D eigenvalue weighted by atomic mass is 15.8. The first-order chi connectivity index (χ1) is 8.00. The highest BCUT2D eigenvalue weighted by atomic mass is 31.2. The Balaban J connectivity index is -0.0000000533. The van der Waals surface area contributed by atoms with Gasteiger partial charge in [0.2, 0.25) is 0 Å². The molecule has 0 heterocycles. The fourth-order valence-electron chi connectivity index (χ4n) is 0. The van der Waals surface area contributed by atoms with Crippen LogP contribution in [0.4, 0.5) is 0 Å². The molecule has 0 amide bonds. The molecule has 12 N–H and O–H groups in total. The highest BCUT2D eigenvalue weighted by molar-refractivity contribution is 7.45. The second-order valence-electron chi connectivity index (χ2n) is 2.05. The molecular weight excluding hydrogens is 408 g/mol. The van der Waals surface area contributed by atoms with Crippen LogP contribution >= 0.6 is 31.3 Å². The second-order valence-corrected chi connectivity index (χ2v) is 6.16. The van der Waals surface area contributed by atoms with Crippen molar-refractivity contribution in [3.63, 3.8) is 0 Å². The summed E-state index contributed by atoms with van der Waals surface area (Å²) >= 11 is 0. The fraction of sp³-hybridized carbons (Fsp3) is 0. The van der Waals surface area contributed by atoms with Crippen LogP contribution in [0.3, 0.4) is 0 Å². The molecule has 21 heavy (non-hydrogen) atoms. The van der Waals surface area contributed by atoms with E-state index in [0.29, 0.717) is 0 Å². The SMILES string of the molecule is O=P(O)(O)O.O=P(O)(O)O.O=P(O)(O)O.O=P(O)(O)O.[SiH4]. The topological polar surface area (TPSA) is 311 Å². The van der Waals surface area contributed by atoms with Crippen molar-refractivity contribution in [1.29, 1.82) is 0 Å². The molecule has 0 aliphatic carbocycles. The molecule has 0 aromatic carbocycles.